The number of rotatable bonds is 5. The monoisotopic (exact) mass is 358 g/mol. The van der Waals surface area contributed by atoms with Gasteiger partial charge >= 0.3 is 0 Å². The van der Waals surface area contributed by atoms with Gasteiger partial charge in [-0.2, -0.15) is 0 Å². The summed E-state index contributed by atoms with van der Waals surface area (Å²) in [7, 11) is 0. The van der Waals surface area contributed by atoms with Gasteiger partial charge in [0.05, 0.1) is 5.69 Å². The van der Waals surface area contributed by atoms with Crippen molar-refractivity contribution in [3.05, 3.63) is 83.3 Å². The van der Waals surface area contributed by atoms with E-state index in [1.54, 1.807) is 12.1 Å². The lowest BCUT2D eigenvalue weighted by atomic mass is 10.2. The van der Waals surface area contributed by atoms with Crippen molar-refractivity contribution in [3.63, 3.8) is 0 Å². The lowest BCUT2D eigenvalue weighted by Crippen LogP contribution is -2.24. The van der Waals surface area contributed by atoms with E-state index in [2.05, 4.69) is 20.8 Å². The first-order chi connectivity index (χ1) is 12.5. The highest BCUT2D eigenvalue weighted by Gasteiger charge is 2.09. The zero-order valence-corrected chi connectivity index (χ0v) is 13.3. The van der Waals surface area contributed by atoms with Crippen molar-refractivity contribution in [3.8, 4) is 0 Å². The second kappa shape index (κ2) is 7.64. The maximum absolute atomic E-state index is 13.6. The molecule has 3 rings (SSSR count). The molecule has 132 valence electrons. The second-order valence-electron chi connectivity index (χ2n) is 5.36. The van der Waals surface area contributed by atoms with Crippen LogP contribution in [0.1, 0.15) is 16.1 Å². The van der Waals surface area contributed by atoms with E-state index in [1.807, 2.05) is 0 Å². The molecule has 0 saturated carbocycles. The average molecular weight is 358 g/mol. The van der Waals surface area contributed by atoms with Crippen molar-refractivity contribution in [1.82, 2.24) is 15.5 Å². The average Bonchev–Trinajstić information content (AvgIpc) is 2.64. The Morgan fingerprint density at radius 2 is 1.62 bits per heavy atom. The number of aromatic nitrogens is 2. The maximum atomic E-state index is 13.6. The van der Waals surface area contributed by atoms with Crippen molar-refractivity contribution >= 4 is 17.4 Å². The van der Waals surface area contributed by atoms with Crippen LogP contribution >= 0.6 is 0 Å². The third kappa shape index (κ3) is 4.35. The predicted molar refractivity (Wildman–Crippen MR) is 89.2 cm³/mol. The zero-order valence-electron chi connectivity index (χ0n) is 13.3. The summed E-state index contributed by atoms with van der Waals surface area (Å²) in [5, 5.41) is 12.8. The molecular formula is C18H13F3N4O. The van der Waals surface area contributed by atoms with E-state index in [9.17, 15) is 18.0 Å². The van der Waals surface area contributed by atoms with Crippen LogP contribution in [0.3, 0.4) is 0 Å². The lowest BCUT2D eigenvalue weighted by Gasteiger charge is -2.07. The van der Waals surface area contributed by atoms with Gasteiger partial charge in [-0.05, 0) is 42.0 Å². The van der Waals surface area contributed by atoms with E-state index in [0.717, 1.165) is 17.7 Å². The summed E-state index contributed by atoms with van der Waals surface area (Å²) in [4.78, 5) is 12.0. The highest BCUT2D eigenvalue weighted by molar-refractivity contribution is 5.92. The summed E-state index contributed by atoms with van der Waals surface area (Å²) in [6.45, 7) is 0.210. The van der Waals surface area contributed by atoms with E-state index in [4.69, 9.17) is 0 Å². The van der Waals surface area contributed by atoms with Gasteiger partial charge in [-0.1, -0.05) is 12.1 Å². The molecule has 1 amide bonds. The quantitative estimate of drug-likeness (QED) is 0.732. The minimum atomic E-state index is -0.770. The summed E-state index contributed by atoms with van der Waals surface area (Å²) in [5.74, 6) is -2.07. The molecule has 1 aromatic heterocycles. The smallest absolute Gasteiger partial charge is 0.272 e. The number of carbonyl (C=O) groups excluding carboxylic acids is 1. The normalized spacial score (nSPS) is 10.4. The number of nitrogens with zero attached hydrogens (tertiary/aromatic N) is 2. The Morgan fingerprint density at radius 3 is 2.27 bits per heavy atom. The number of nitrogens with one attached hydrogen (secondary N) is 2. The molecule has 0 bridgehead atoms. The Bertz CT molecular complexity index is 915. The molecule has 2 aromatic carbocycles. The van der Waals surface area contributed by atoms with Gasteiger partial charge < -0.3 is 10.6 Å². The number of anilines is 2. The fourth-order valence-electron chi connectivity index (χ4n) is 2.12. The molecule has 3 aromatic rings. The van der Waals surface area contributed by atoms with Crippen LogP contribution in [0.5, 0.6) is 0 Å². The molecule has 0 aliphatic heterocycles. The van der Waals surface area contributed by atoms with E-state index in [1.165, 1.54) is 30.3 Å². The maximum Gasteiger partial charge on any atom is 0.272 e. The number of hydrogen-bond donors (Lipinski definition) is 2. The third-order valence-electron chi connectivity index (χ3n) is 3.46. The fraction of sp³-hybridized carbons (Fsp3) is 0.0556. The van der Waals surface area contributed by atoms with Crippen LogP contribution in [0.15, 0.2) is 54.6 Å². The van der Waals surface area contributed by atoms with Crippen LogP contribution < -0.4 is 10.6 Å². The molecule has 5 nitrogen and oxygen atoms in total. The first-order valence-corrected chi connectivity index (χ1v) is 7.60. The molecule has 8 heteroatoms. The Hall–Kier alpha value is -3.42. The van der Waals surface area contributed by atoms with E-state index < -0.39 is 17.5 Å². The summed E-state index contributed by atoms with van der Waals surface area (Å²) >= 11 is 0. The molecule has 0 fully saturated rings. The Balaban J connectivity index is 1.61. The van der Waals surface area contributed by atoms with Crippen LogP contribution in [0.4, 0.5) is 24.7 Å². The Morgan fingerprint density at radius 1 is 0.885 bits per heavy atom. The number of hydrogen-bond acceptors (Lipinski definition) is 4. The van der Waals surface area contributed by atoms with Gasteiger partial charge in [-0.15, -0.1) is 10.2 Å². The first-order valence-electron chi connectivity index (χ1n) is 7.60. The summed E-state index contributed by atoms with van der Waals surface area (Å²) in [6, 6.07) is 11.7. The van der Waals surface area contributed by atoms with Gasteiger partial charge in [-0.25, -0.2) is 13.2 Å². The van der Waals surface area contributed by atoms with Crippen LogP contribution in [0.25, 0.3) is 0 Å². The standard InChI is InChI=1S/C18H13F3N4O/c19-12-3-1-11(2-4-12)10-22-18(26)16-7-8-17(25-24-16)23-15-6-5-13(20)9-14(15)21/h1-9H,10H2,(H,22,26)(H,23,25). The summed E-state index contributed by atoms with van der Waals surface area (Å²) in [6.07, 6.45) is 0. The highest BCUT2D eigenvalue weighted by atomic mass is 19.1. The fourth-order valence-corrected chi connectivity index (χ4v) is 2.12. The molecular weight excluding hydrogens is 345 g/mol. The number of amides is 1. The van der Waals surface area contributed by atoms with Gasteiger partial charge in [0.1, 0.15) is 17.5 Å². The lowest BCUT2D eigenvalue weighted by molar-refractivity contribution is 0.0945. The molecule has 0 unspecified atom stereocenters. The van der Waals surface area contributed by atoms with Gasteiger partial charge in [0.2, 0.25) is 0 Å². The van der Waals surface area contributed by atoms with Gasteiger partial charge in [0.15, 0.2) is 11.5 Å². The number of benzene rings is 2. The van der Waals surface area contributed by atoms with E-state index in [-0.39, 0.29) is 29.6 Å². The third-order valence-corrected chi connectivity index (χ3v) is 3.46. The van der Waals surface area contributed by atoms with Crippen LogP contribution in [0, 0.1) is 17.5 Å². The van der Waals surface area contributed by atoms with Crippen molar-refractivity contribution in [2.24, 2.45) is 0 Å². The molecule has 0 spiro atoms. The van der Waals surface area contributed by atoms with Crippen LogP contribution in [-0.4, -0.2) is 16.1 Å². The topological polar surface area (TPSA) is 66.9 Å². The molecule has 0 aliphatic carbocycles. The summed E-state index contributed by atoms with van der Waals surface area (Å²) < 4.78 is 39.3. The number of carbonyl (C=O) groups is 1. The van der Waals surface area contributed by atoms with Crippen molar-refractivity contribution in [1.29, 1.82) is 0 Å². The Kier molecular flexibility index (Phi) is 5.12. The van der Waals surface area contributed by atoms with Crippen LogP contribution in [-0.2, 0) is 6.54 Å². The Labute approximate surface area is 146 Å². The van der Waals surface area contributed by atoms with Gasteiger partial charge in [-0.3, -0.25) is 4.79 Å². The first kappa shape index (κ1) is 17.4. The van der Waals surface area contributed by atoms with Crippen LogP contribution in [0.2, 0.25) is 0 Å². The zero-order chi connectivity index (χ0) is 18.5. The minimum Gasteiger partial charge on any atom is -0.347 e. The molecule has 0 atom stereocenters. The largest absolute Gasteiger partial charge is 0.347 e. The SMILES string of the molecule is O=C(NCc1ccc(F)cc1)c1ccc(Nc2ccc(F)cc2F)nn1. The molecule has 1 heterocycles. The van der Waals surface area contributed by atoms with Crippen molar-refractivity contribution < 1.29 is 18.0 Å². The van der Waals surface area contributed by atoms with Crippen molar-refractivity contribution in [2.75, 3.05) is 5.32 Å². The van der Waals surface area contributed by atoms with Crippen molar-refractivity contribution in [2.45, 2.75) is 6.54 Å². The van der Waals surface area contributed by atoms with Gasteiger partial charge in [0, 0.05) is 12.6 Å². The second-order valence-corrected chi connectivity index (χ2v) is 5.36. The molecule has 26 heavy (non-hydrogen) atoms. The van der Waals surface area contributed by atoms with E-state index in [0.29, 0.717) is 0 Å². The highest BCUT2D eigenvalue weighted by Crippen LogP contribution is 2.19. The van der Waals surface area contributed by atoms with Gasteiger partial charge in [0.25, 0.3) is 5.91 Å². The molecule has 0 aliphatic rings. The minimum absolute atomic E-state index is 0.0363. The summed E-state index contributed by atoms with van der Waals surface area (Å²) in [5.41, 5.74) is 0.837. The molecule has 0 radical (unpaired) electrons. The van der Waals surface area contributed by atoms with E-state index >= 15 is 0 Å². The molecule has 0 saturated heterocycles. The molecule has 2 N–H and O–H groups in total. The predicted octanol–water partition coefficient (Wildman–Crippen LogP) is 3.57. The number of halogens is 3.